The summed E-state index contributed by atoms with van der Waals surface area (Å²) >= 11 is 6.05. The summed E-state index contributed by atoms with van der Waals surface area (Å²) in [6.07, 6.45) is 1.74. The van der Waals surface area contributed by atoms with Gasteiger partial charge in [0.15, 0.2) is 9.84 Å². The number of rotatable bonds is 6. The van der Waals surface area contributed by atoms with Gasteiger partial charge in [-0.3, -0.25) is 0 Å². The van der Waals surface area contributed by atoms with Gasteiger partial charge in [0.05, 0.1) is 22.7 Å². The van der Waals surface area contributed by atoms with Crippen LogP contribution in [0.2, 0.25) is 5.02 Å². The summed E-state index contributed by atoms with van der Waals surface area (Å²) in [5, 5.41) is 6.17. The van der Waals surface area contributed by atoms with Gasteiger partial charge < -0.3 is 9.47 Å². The number of methoxy groups -OCH3 is 1. The molecule has 34 heavy (non-hydrogen) atoms. The zero-order chi connectivity index (χ0) is 24.5. The molecule has 0 bridgehead atoms. The average molecular weight is 503 g/mol. The Balaban J connectivity index is 1.83. The first kappa shape index (κ1) is 23.1. The van der Waals surface area contributed by atoms with Crippen molar-refractivity contribution in [2.75, 3.05) is 18.3 Å². The number of pyridine rings is 1. The lowest BCUT2D eigenvalue weighted by Gasteiger charge is -2.19. The van der Waals surface area contributed by atoms with Crippen LogP contribution in [0.5, 0.6) is 11.5 Å². The van der Waals surface area contributed by atoms with Crippen LogP contribution in [0, 0.1) is 4.91 Å². The number of aromatic amines is 1. The van der Waals surface area contributed by atoms with Gasteiger partial charge in [-0.1, -0.05) is 11.6 Å². The van der Waals surface area contributed by atoms with Crippen LogP contribution >= 0.6 is 11.6 Å². The highest BCUT2D eigenvalue weighted by molar-refractivity contribution is 7.90. The number of fused-ring (bicyclic) bond motifs is 1. The van der Waals surface area contributed by atoms with Crippen LogP contribution in [0.1, 0.15) is 0 Å². The summed E-state index contributed by atoms with van der Waals surface area (Å²) in [4.78, 5) is 29.5. The van der Waals surface area contributed by atoms with Crippen LogP contribution in [0.25, 0.3) is 5.65 Å². The minimum absolute atomic E-state index is 0.00383. The lowest BCUT2D eigenvalue weighted by atomic mass is 10.2. The first-order valence-electron chi connectivity index (χ1n) is 9.60. The van der Waals surface area contributed by atoms with Crippen LogP contribution in [0.15, 0.2) is 70.9 Å². The number of carbonyl (C=O) groups is 1. The number of ether oxygens (including phenoxy) is 2. The molecule has 2 aromatic heterocycles. The van der Waals surface area contributed by atoms with E-state index in [0.29, 0.717) is 10.7 Å². The molecule has 0 saturated heterocycles. The van der Waals surface area contributed by atoms with Gasteiger partial charge in [-0.2, -0.15) is 10.00 Å². The molecule has 174 valence electrons. The fourth-order valence-electron chi connectivity index (χ4n) is 3.08. The maximum atomic E-state index is 13.3. The molecular formula is C21H17ClN5O6S+. The SMILES string of the molecule is COc1cc(S(C)(=O)=O)ccc1N(C(=O)Oc1ccc(N=O)cc1)c1nc2ccc(Cl)c[n+]2[nH]1. The molecule has 13 heteroatoms. The van der Waals surface area contributed by atoms with Crippen LogP contribution < -0.4 is 18.9 Å². The van der Waals surface area contributed by atoms with E-state index in [-0.39, 0.29) is 33.7 Å². The topological polar surface area (TPSA) is 135 Å². The summed E-state index contributed by atoms with van der Waals surface area (Å²) in [7, 11) is -2.19. The number of H-pyrrole nitrogens is 1. The molecular weight excluding hydrogens is 486 g/mol. The van der Waals surface area contributed by atoms with Gasteiger partial charge in [0, 0.05) is 23.4 Å². The summed E-state index contributed by atoms with van der Waals surface area (Å²) in [6.45, 7) is 0. The molecule has 0 unspecified atom stereocenters. The highest BCUT2D eigenvalue weighted by atomic mass is 35.5. The Labute approximate surface area is 198 Å². The maximum absolute atomic E-state index is 13.3. The van der Waals surface area contributed by atoms with Crippen molar-refractivity contribution in [3.8, 4) is 11.5 Å². The van der Waals surface area contributed by atoms with Gasteiger partial charge in [0.2, 0.25) is 0 Å². The van der Waals surface area contributed by atoms with Crippen molar-refractivity contribution in [3.63, 3.8) is 0 Å². The van der Waals surface area contributed by atoms with Gasteiger partial charge in [-0.05, 0) is 47.6 Å². The van der Waals surface area contributed by atoms with Crippen molar-refractivity contribution < 1.29 is 27.2 Å². The Kier molecular flexibility index (Phi) is 6.18. The number of benzene rings is 2. The third-order valence-corrected chi connectivity index (χ3v) is 6.03. The smallest absolute Gasteiger partial charge is 0.428 e. The molecule has 0 fully saturated rings. The van der Waals surface area contributed by atoms with Gasteiger partial charge in [0.1, 0.15) is 23.4 Å². The van der Waals surface area contributed by atoms with E-state index in [1.807, 2.05) is 0 Å². The summed E-state index contributed by atoms with van der Waals surface area (Å²) in [6, 6.07) is 12.9. The standard InChI is InChI=1S/C21H16ClN5O6S/c1-32-18-11-16(34(2,30)31)8-9-17(18)27(20-23-19-10-3-13(22)12-26(19)24-20)21(28)33-15-6-4-14(25-29)5-7-15/h3-12H,1-2H3/p+1. The van der Waals surface area contributed by atoms with Gasteiger partial charge in [-0.15, -0.1) is 9.42 Å². The Morgan fingerprint density at radius 2 is 1.88 bits per heavy atom. The van der Waals surface area contributed by atoms with E-state index in [2.05, 4.69) is 15.3 Å². The zero-order valence-corrected chi connectivity index (χ0v) is 19.4. The molecule has 0 saturated carbocycles. The van der Waals surface area contributed by atoms with Crippen molar-refractivity contribution >= 4 is 50.5 Å². The van der Waals surface area contributed by atoms with E-state index >= 15 is 0 Å². The molecule has 4 rings (SSSR count). The first-order chi connectivity index (χ1) is 16.2. The molecule has 2 aromatic carbocycles. The van der Waals surface area contributed by atoms with Gasteiger partial charge in [-0.25, -0.2) is 13.2 Å². The molecule has 11 nitrogen and oxygen atoms in total. The lowest BCUT2D eigenvalue weighted by Crippen LogP contribution is -2.32. The summed E-state index contributed by atoms with van der Waals surface area (Å²) < 4.78 is 36.4. The maximum Gasteiger partial charge on any atom is 0.428 e. The number of hydrogen-bond acceptors (Lipinski definition) is 8. The molecule has 0 aliphatic rings. The fraction of sp³-hybridized carbons (Fsp3) is 0.0952. The highest BCUT2D eigenvalue weighted by Crippen LogP contribution is 2.35. The molecule has 0 atom stereocenters. The normalized spacial score (nSPS) is 11.3. The van der Waals surface area contributed by atoms with Crippen molar-refractivity contribution in [3.05, 3.63) is 70.7 Å². The summed E-state index contributed by atoms with van der Waals surface area (Å²) in [5.41, 5.74) is 0.780. The number of sulfone groups is 1. The van der Waals surface area contributed by atoms with Gasteiger partial charge in [0.25, 0.3) is 0 Å². The van der Waals surface area contributed by atoms with Crippen molar-refractivity contribution in [2.24, 2.45) is 5.18 Å². The van der Waals surface area contributed by atoms with Crippen LogP contribution in [0.4, 0.5) is 22.1 Å². The fourth-order valence-corrected chi connectivity index (χ4v) is 3.88. The van der Waals surface area contributed by atoms with E-state index in [1.54, 1.807) is 18.3 Å². The van der Waals surface area contributed by atoms with E-state index in [9.17, 15) is 18.1 Å². The van der Waals surface area contributed by atoms with Crippen molar-refractivity contribution in [1.29, 1.82) is 0 Å². The number of nitrogens with one attached hydrogen (secondary N) is 1. The zero-order valence-electron chi connectivity index (χ0n) is 17.8. The first-order valence-corrected chi connectivity index (χ1v) is 11.9. The van der Waals surface area contributed by atoms with E-state index in [4.69, 9.17) is 21.1 Å². The number of anilines is 2. The second-order valence-corrected chi connectivity index (χ2v) is 9.47. The number of halogens is 1. The molecule has 4 aromatic rings. The largest absolute Gasteiger partial charge is 0.495 e. The number of nitrogens with zero attached hydrogens (tertiary/aromatic N) is 4. The molecule has 0 spiro atoms. The molecule has 1 N–H and O–H groups in total. The quantitative estimate of drug-likeness (QED) is 0.311. The van der Waals surface area contributed by atoms with E-state index in [0.717, 1.165) is 11.2 Å². The third kappa shape index (κ3) is 4.67. The predicted octanol–water partition coefficient (Wildman–Crippen LogP) is 3.95. The second kappa shape index (κ2) is 9.08. The van der Waals surface area contributed by atoms with Crippen LogP contribution in [-0.2, 0) is 9.84 Å². The summed E-state index contributed by atoms with van der Waals surface area (Å²) in [5.74, 6) is 0.272. The number of hydrogen-bond donors (Lipinski definition) is 1. The lowest BCUT2D eigenvalue weighted by molar-refractivity contribution is -0.576. The van der Waals surface area contributed by atoms with E-state index in [1.165, 1.54) is 54.1 Å². The molecule has 1 amide bonds. The monoisotopic (exact) mass is 502 g/mol. The van der Waals surface area contributed by atoms with Gasteiger partial charge >= 0.3 is 17.7 Å². The van der Waals surface area contributed by atoms with Crippen molar-refractivity contribution in [1.82, 2.24) is 10.1 Å². The second-order valence-electron chi connectivity index (χ2n) is 7.02. The number of carbonyl (C=O) groups excluding carboxylic acids is 1. The highest BCUT2D eigenvalue weighted by Gasteiger charge is 2.32. The van der Waals surface area contributed by atoms with Crippen LogP contribution in [-0.4, -0.2) is 38.0 Å². The van der Waals surface area contributed by atoms with Crippen molar-refractivity contribution in [2.45, 2.75) is 4.90 Å². The molecule has 2 heterocycles. The number of aromatic nitrogens is 3. The Morgan fingerprint density at radius 1 is 1.15 bits per heavy atom. The molecule has 0 aliphatic heterocycles. The number of amides is 1. The minimum atomic E-state index is -3.53. The minimum Gasteiger partial charge on any atom is -0.495 e. The molecule has 0 radical (unpaired) electrons. The Bertz CT molecular complexity index is 1500. The average Bonchev–Trinajstić information content (AvgIpc) is 3.21. The predicted molar refractivity (Wildman–Crippen MR) is 123 cm³/mol. The number of nitroso groups, excluding NO2 is 1. The Hall–Kier alpha value is -4.03. The Morgan fingerprint density at radius 3 is 2.53 bits per heavy atom. The van der Waals surface area contributed by atoms with Crippen LogP contribution in [0.3, 0.4) is 0 Å². The van der Waals surface area contributed by atoms with E-state index < -0.39 is 15.9 Å². The molecule has 0 aliphatic carbocycles. The third-order valence-electron chi connectivity index (χ3n) is 4.69.